The molecule has 1 unspecified atom stereocenters. The van der Waals surface area contributed by atoms with Crippen LogP contribution in [0.2, 0.25) is 0 Å². The monoisotopic (exact) mass is 297 g/mol. The fourth-order valence-corrected chi connectivity index (χ4v) is 3.51. The standard InChI is InChI=1S/C15H27N3O3/c1-3-5-15(13(19)20)6-9-18(10-7-15)14(21)16-12-4-8-17(2)11-12/h12H,3-11H2,1-2H3,(H,16,21)(H,19,20). The van der Waals surface area contributed by atoms with Crippen LogP contribution in [0, 0.1) is 5.41 Å². The number of carbonyl (C=O) groups excluding carboxylic acids is 1. The van der Waals surface area contributed by atoms with E-state index in [-0.39, 0.29) is 12.1 Å². The number of piperidine rings is 1. The summed E-state index contributed by atoms with van der Waals surface area (Å²) in [6.45, 7) is 5.01. The lowest BCUT2D eigenvalue weighted by Gasteiger charge is -2.39. The van der Waals surface area contributed by atoms with E-state index < -0.39 is 11.4 Å². The Morgan fingerprint density at radius 2 is 1.95 bits per heavy atom. The van der Waals surface area contributed by atoms with Gasteiger partial charge in [-0.1, -0.05) is 13.3 Å². The number of nitrogens with zero attached hydrogens (tertiary/aromatic N) is 2. The number of nitrogens with one attached hydrogen (secondary N) is 1. The number of carboxylic acids is 1. The highest BCUT2D eigenvalue weighted by Gasteiger charge is 2.41. The number of likely N-dealkylation sites (tertiary alicyclic amines) is 2. The summed E-state index contributed by atoms with van der Waals surface area (Å²) in [7, 11) is 2.05. The van der Waals surface area contributed by atoms with Gasteiger partial charge in [0.2, 0.25) is 0 Å². The van der Waals surface area contributed by atoms with Crippen molar-refractivity contribution in [3.8, 4) is 0 Å². The van der Waals surface area contributed by atoms with E-state index in [4.69, 9.17) is 0 Å². The second-order valence-corrected chi connectivity index (χ2v) is 6.52. The maximum Gasteiger partial charge on any atom is 0.317 e. The number of amides is 2. The van der Waals surface area contributed by atoms with E-state index in [0.29, 0.717) is 32.4 Å². The molecule has 0 aromatic carbocycles. The summed E-state index contributed by atoms with van der Waals surface area (Å²) < 4.78 is 0. The molecule has 0 aromatic heterocycles. The molecular weight excluding hydrogens is 270 g/mol. The molecule has 1 atom stereocenters. The van der Waals surface area contributed by atoms with Crippen molar-refractivity contribution >= 4 is 12.0 Å². The number of rotatable bonds is 4. The smallest absolute Gasteiger partial charge is 0.317 e. The lowest BCUT2D eigenvalue weighted by molar-refractivity contribution is -0.152. The SMILES string of the molecule is CCCC1(C(=O)O)CCN(C(=O)NC2CCN(C)C2)CC1. The highest BCUT2D eigenvalue weighted by Crippen LogP contribution is 2.36. The normalized spacial score (nSPS) is 25.8. The van der Waals surface area contributed by atoms with Crippen molar-refractivity contribution in [2.75, 3.05) is 33.2 Å². The Balaban J connectivity index is 1.85. The summed E-state index contributed by atoms with van der Waals surface area (Å²) in [6.07, 6.45) is 3.69. The van der Waals surface area contributed by atoms with Gasteiger partial charge in [0.25, 0.3) is 0 Å². The minimum atomic E-state index is -0.707. The molecule has 6 nitrogen and oxygen atoms in total. The van der Waals surface area contributed by atoms with Gasteiger partial charge in [-0.2, -0.15) is 0 Å². The molecule has 2 N–H and O–H groups in total. The average Bonchev–Trinajstić information content (AvgIpc) is 2.85. The van der Waals surface area contributed by atoms with E-state index >= 15 is 0 Å². The van der Waals surface area contributed by atoms with Crippen molar-refractivity contribution < 1.29 is 14.7 Å². The molecule has 2 saturated heterocycles. The van der Waals surface area contributed by atoms with Crippen LogP contribution in [0.3, 0.4) is 0 Å². The second kappa shape index (κ2) is 6.64. The van der Waals surface area contributed by atoms with Gasteiger partial charge in [0.05, 0.1) is 5.41 Å². The first-order valence-corrected chi connectivity index (χ1v) is 7.94. The molecule has 0 radical (unpaired) electrons. The lowest BCUT2D eigenvalue weighted by Crippen LogP contribution is -2.51. The predicted molar refractivity (Wildman–Crippen MR) is 80.2 cm³/mol. The molecule has 6 heteroatoms. The zero-order valence-corrected chi connectivity index (χ0v) is 13.1. The van der Waals surface area contributed by atoms with E-state index in [2.05, 4.69) is 17.3 Å². The van der Waals surface area contributed by atoms with Crippen LogP contribution in [0.1, 0.15) is 39.0 Å². The third kappa shape index (κ3) is 3.67. The summed E-state index contributed by atoms with van der Waals surface area (Å²) in [5.74, 6) is -0.707. The van der Waals surface area contributed by atoms with Gasteiger partial charge < -0.3 is 20.2 Å². The maximum absolute atomic E-state index is 12.2. The molecule has 21 heavy (non-hydrogen) atoms. The molecule has 120 valence electrons. The minimum absolute atomic E-state index is 0.0363. The highest BCUT2D eigenvalue weighted by atomic mass is 16.4. The lowest BCUT2D eigenvalue weighted by atomic mass is 9.75. The highest BCUT2D eigenvalue weighted by molar-refractivity contribution is 5.77. The molecule has 0 aliphatic carbocycles. The second-order valence-electron chi connectivity index (χ2n) is 6.52. The molecule has 0 bridgehead atoms. The van der Waals surface area contributed by atoms with Crippen LogP contribution in [0.4, 0.5) is 4.79 Å². The van der Waals surface area contributed by atoms with Gasteiger partial charge in [-0.15, -0.1) is 0 Å². The number of aliphatic carboxylic acids is 1. The Kier molecular flexibility index (Phi) is 5.08. The molecule has 0 aromatic rings. The Labute approximate surface area is 126 Å². The van der Waals surface area contributed by atoms with E-state index in [0.717, 1.165) is 25.9 Å². The first-order valence-electron chi connectivity index (χ1n) is 7.94. The quantitative estimate of drug-likeness (QED) is 0.822. The fraction of sp³-hybridized carbons (Fsp3) is 0.867. The van der Waals surface area contributed by atoms with Gasteiger partial charge in [-0.3, -0.25) is 4.79 Å². The van der Waals surface area contributed by atoms with Crippen LogP contribution < -0.4 is 5.32 Å². The molecule has 2 fully saturated rings. The molecule has 0 saturated carbocycles. The van der Waals surface area contributed by atoms with Crippen molar-refractivity contribution in [1.82, 2.24) is 15.1 Å². The number of carbonyl (C=O) groups is 2. The van der Waals surface area contributed by atoms with Gasteiger partial charge in [0.15, 0.2) is 0 Å². The van der Waals surface area contributed by atoms with Crippen LogP contribution >= 0.6 is 0 Å². The Morgan fingerprint density at radius 1 is 1.29 bits per heavy atom. The van der Waals surface area contributed by atoms with E-state index in [9.17, 15) is 14.7 Å². The van der Waals surface area contributed by atoms with E-state index in [1.165, 1.54) is 0 Å². The van der Waals surface area contributed by atoms with Crippen molar-refractivity contribution in [2.24, 2.45) is 5.41 Å². The molecule has 2 heterocycles. The van der Waals surface area contributed by atoms with Crippen molar-refractivity contribution in [2.45, 2.75) is 45.1 Å². The zero-order valence-electron chi connectivity index (χ0n) is 13.1. The van der Waals surface area contributed by atoms with Crippen LogP contribution in [0.5, 0.6) is 0 Å². The molecule has 2 rings (SSSR count). The van der Waals surface area contributed by atoms with Crippen molar-refractivity contribution in [3.05, 3.63) is 0 Å². The van der Waals surface area contributed by atoms with Crippen LogP contribution in [-0.2, 0) is 4.79 Å². The largest absolute Gasteiger partial charge is 0.481 e. The predicted octanol–water partition coefficient (Wildman–Crippen LogP) is 1.37. The third-order valence-corrected chi connectivity index (χ3v) is 4.91. The number of hydrogen-bond donors (Lipinski definition) is 2. The summed E-state index contributed by atoms with van der Waals surface area (Å²) in [5, 5.41) is 12.5. The first kappa shape index (κ1) is 16.1. The van der Waals surface area contributed by atoms with Crippen LogP contribution in [0.25, 0.3) is 0 Å². The van der Waals surface area contributed by atoms with Crippen LogP contribution in [0.15, 0.2) is 0 Å². The summed E-state index contributed by atoms with van der Waals surface area (Å²) >= 11 is 0. The Hall–Kier alpha value is -1.30. The van der Waals surface area contributed by atoms with Gasteiger partial charge in [0.1, 0.15) is 0 Å². The molecule has 2 aliphatic rings. The minimum Gasteiger partial charge on any atom is -0.481 e. The number of urea groups is 1. The third-order valence-electron chi connectivity index (χ3n) is 4.91. The van der Waals surface area contributed by atoms with Gasteiger partial charge >= 0.3 is 12.0 Å². The van der Waals surface area contributed by atoms with E-state index in [1.807, 2.05) is 6.92 Å². The van der Waals surface area contributed by atoms with Gasteiger partial charge in [0, 0.05) is 25.7 Å². The van der Waals surface area contributed by atoms with Gasteiger partial charge in [-0.25, -0.2) is 4.79 Å². The number of likely N-dealkylation sites (N-methyl/N-ethyl adjacent to an activating group) is 1. The van der Waals surface area contributed by atoms with Crippen LogP contribution in [-0.4, -0.2) is 66.2 Å². The van der Waals surface area contributed by atoms with Crippen molar-refractivity contribution in [3.63, 3.8) is 0 Å². The Morgan fingerprint density at radius 3 is 2.43 bits per heavy atom. The summed E-state index contributed by atoms with van der Waals surface area (Å²) in [6, 6.07) is 0.190. The topological polar surface area (TPSA) is 72.9 Å². The average molecular weight is 297 g/mol. The molecular formula is C15H27N3O3. The number of carboxylic acid groups (broad SMARTS) is 1. The Bertz CT molecular complexity index is 392. The molecule has 2 aliphatic heterocycles. The van der Waals surface area contributed by atoms with Crippen molar-refractivity contribution in [1.29, 1.82) is 0 Å². The molecule has 2 amide bonds. The molecule has 0 spiro atoms. The summed E-state index contributed by atoms with van der Waals surface area (Å²) in [5.41, 5.74) is -0.626. The van der Waals surface area contributed by atoms with Gasteiger partial charge in [-0.05, 0) is 39.3 Å². The first-order chi connectivity index (χ1) is 9.97. The van der Waals surface area contributed by atoms with E-state index in [1.54, 1.807) is 4.90 Å². The number of hydrogen-bond acceptors (Lipinski definition) is 3. The maximum atomic E-state index is 12.2. The summed E-state index contributed by atoms with van der Waals surface area (Å²) in [4.78, 5) is 27.8. The fourth-order valence-electron chi connectivity index (χ4n) is 3.51. The zero-order chi connectivity index (χ0) is 15.5.